The molecule has 1 heterocycles. The van der Waals surface area contributed by atoms with Crippen molar-refractivity contribution in [2.24, 2.45) is 0 Å². The number of aryl methyl sites for hydroxylation is 1. The number of carbonyl (C=O) groups excluding carboxylic acids is 2. The van der Waals surface area contributed by atoms with Gasteiger partial charge < -0.3 is 14.8 Å². The summed E-state index contributed by atoms with van der Waals surface area (Å²) in [5.74, 6) is -0.146. The van der Waals surface area contributed by atoms with Crippen molar-refractivity contribution in [3.8, 4) is 5.75 Å². The van der Waals surface area contributed by atoms with Gasteiger partial charge in [0.25, 0.3) is 5.91 Å². The Kier molecular flexibility index (Phi) is 5.76. The van der Waals surface area contributed by atoms with Crippen LogP contribution < -0.4 is 10.1 Å². The molecule has 0 bridgehead atoms. The molecule has 0 fully saturated rings. The van der Waals surface area contributed by atoms with Crippen LogP contribution in [0.25, 0.3) is 10.8 Å². The highest BCUT2D eigenvalue weighted by molar-refractivity contribution is 7.16. The van der Waals surface area contributed by atoms with Crippen LogP contribution in [0.2, 0.25) is 0 Å². The van der Waals surface area contributed by atoms with Gasteiger partial charge >= 0.3 is 5.97 Å². The first-order chi connectivity index (χ1) is 13.0. The van der Waals surface area contributed by atoms with Gasteiger partial charge in [-0.1, -0.05) is 37.3 Å². The molecular weight excluding hydrogens is 362 g/mol. The first-order valence-electron chi connectivity index (χ1n) is 8.65. The summed E-state index contributed by atoms with van der Waals surface area (Å²) in [7, 11) is 1.34. The summed E-state index contributed by atoms with van der Waals surface area (Å²) < 4.78 is 10.5. The summed E-state index contributed by atoms with van der Waals surface area (Å²) in [6.07, 6.45) is 0.691. The van der Waals surface area contributed by atoms with Crippen LogP contribution >= 0.6 is 11.3 Å². The van der Waals surface area contributed by atoms with Gasteiger partial charge in [0.15, 0.2) is 6.61 Å². The van der Waals surface area contributed by atoms with Gasteiger partial charge in [0.05, 0.1) is 12.7 Å². The maximum atomic E-state index is 12.3. The molecule has 0 aliphatic carbocycles. The second-order valence-corrected chi connectivity index (χ2v) is 7.26. The van der Waals surface area contributed by atoms with E-state index in [2.05, 4.69) is 5.32 Å². The van der Waals surface area contributed by atoms with E-state index in [1.165, 1.54) is 18.4 Å². The Morgan fingerprint density at radius 1 is 1.11 bits per heavy atom. The fourth-order valence-electron chi connectivity index (χ4n) is 2.98. The molecule has 1 aromatic heterocycles. The standard InChI is InChI=1S/C21H21NO4S/c1-4-17-13(2)27-20(19(17)21(24)25-3)22-18(23)12-26-16-10-9-14-7-5-6-8-15(14)11-16/h5-11H,4,12H2,1-3H3,(H,22,23). The number of rotatable bonds is 6. The Balaban J connectivity index is 1.71. The molecule has 0 aliphatic heterocycles. The Morgan fingerprint density at radius 2 is 1.85 bits per heavy atom. The number of carbonyl (C=O) groups is 2. The van der Waals surface area contributed by atoms with Gasteiger partial charge in [0.1, 0.15) is 10.8 Å². The normalized spacial score (nSPS) is 10.6. The summed E-state index contributed by atoms with van der Waals surface area (Å²) >= 11 is 1.37. The molecule has 6 heteroatoms. The van der Waals surface area contributed by atoms with Crippen LogP contribution in [0.5, 0.6) is 5.75 Å². The number of thiophene rings is 1. The van der Waals surface area contributed by atoms with Crippen molar-refractivity contribution in [3.63, 3.8) is 0 Å². The Hall–Kier alpha value is -2.86. The fraction of sp³-hybridized carbons (Fsp3) is 0.238. The van der Waals surface area contributed by atoms with Crippen LogP contribution in [0.1, 0.15) is 27.7 Å². The highest BCUT2D eigenvalue weighted by Gasteiger charge is 2.23. The Morgan fingerprint density at radius 3 is 2.56 bits per heavy atom. The summed E-state index contributed by atoms with van der Waals surface area (Å²) in [6, 6.07) is 13.6. The number of amides is 1. The molecule has 0 spiro atoms. The van der Waals surface area contributed by atoms with Crippen LogP contribution in [0.15, 0.2) is 42.5 Å². The van der Waals surface area contributed by atoms with E-state index in [4.69, 9.17) is 9.47 Å². The lowest BCUT2D eigenvalue weighted by Crippen LogP contribution is -2.21. The zero-order valence-electron chi connectivity index (χ0n) is 15.5. The molecular formula is C21H21NO4S. The van der Waals surface area contributed by atoms with Gasteiger partial charge in [-0.2, -0.15) is 0 Å². The smallest absolute Gasteiger partial charge is 0.341 e. The predicted octanol–water partition coefficient (Wildman–Crippen LogP) is 4.58. The topological polar surface area (TPSA) is 64.6 Å². The van der Waals surface area contributed by atoms with Crippen molar-refractivity contribution in [1.29, 1.82) is 0 Å². The number of benzene rings is 2. The molecule has 3 rings (SSSR count). The number of fused-ring (bicyclic) bond motifs is 1. The highest BCUT2D eigenvalue weighted by Crippen LogP contribution is 2.34. The third-order valence-electron chi connectivity index (χ3n) is 4.30. The molecule has 0 radical (unpaired) electrons. The molecule has 5 nitrogen and oxygen atoms in total. The lowest BCUT2D eigenvalue weighted by Gasteiger charge is -2.09. The SMILES string of the molecule is CCc1c(C)sc(NC(=O)COc2ccc3ccccc3c2)c1C(=O)OC. The average Bonchev–Trinajstić information content (AvgIpc) is 3.00. The molecule has 0 unspecified atom stereocenters. The predicted molar refractivity (Wildman–Crippen MR) is 108 cm³/mol. The molecule has 0 saturated carbocycles. The summed E-state index contributed by atoms with van der Waals surface area (Å²) in [6.45, 7) is 3.75. The van der Waals surface area contributed by atoms with Crippen LogP contribution in [-0.2, 0) is 16.0 Å². The van der Waals surface area contributed by atoms with Gasteiger partial charge in [-0.3, -0.25) is 4.79 Å². The van der Waals surface area contributed by atoms with E-state index in [1.54, 1.807) is 0 Å². The Bertz CT molecular complexity index is 993. The minimum absolute atomic E-state index is 0.142. The first-order valence-corrected chi connectivity index (χ1v) is 9.47. The van der Waals surface area contributed by atoms with E-state index in [9.17, 15) is 9.59 Å². The molecule has 2 aromatic carbocycles. The number of nitrogens with one attached hydrogen (secondary N) is 1. The maximum Gasteiger partial charge on any atom is 0.341 e. The number of hydrogen-bond donors (Lipinski definition) is 1. The number of esters is 1. The largest absolute Gasteiger partial charge is 0.484 e. The molecule has 1 N–H and O–H groups in total. The fourth-order valence-corrected chi connectivity index (χ4v) is 4.13. The van der Waals surface area contributed by atoms with E-state index in [-0.39, 0.29) is 12.5 Å². The second kappa shape index (κ2) is 8.22. The van der Waals surface area contributed by atoms with Crippen molar-refractivity contribution in [2.75, 3.05) is 19.0 Å². The lowest BCUT2D eigenvalue weighted by atomic mass is 10.1. The van der Waals surface area contributed by atoms with Crippen molar-refractivity contribution in [2.45, 2.75) is 20.3 Å². The van der Waals surface area contributed by atoms with Gasteiger partial charge in [-0.05, 0) is 41.8 Å². The monoisotopic (exact) mass is 383 g/mol. The van der Waals surface area contributed by atoms with E-state index < -0.39 is 5.97 Å². The molecule has 0 saturated heterocycles. The third kappa shape index (κ3) is 4.11. The van der Waals surface area contributed by atoms with Gasteiger partial charge in [-0.15, -0.1) is 11.3 Å². The van der Waals surface area contributed by atoms with Crippen LogP contribution in [0.4, 0.5) is 5.00 Å². The van der Waals surface area contributed by atoms with Gasteiger partial charge in [-0.25, -0.2) is 4.79 Å². The quantitative estimate of drug-likeness (QED) is 0.633. The van der Waals surface area contributed by atoms with Crippen LogP contribution in [-0.4, -0.2) is 25.6 Å². The number of ether oxygens (including phenoxy) is 2. The van der Waals surface area contributed by atoms with E-state index in [0.29, 0.717) is 22.7 Å². The van der Waals surface area contributed by atoms with Crippen molar-refractivity contribution >= 4 is 39.0 Å². The molecule has 0 aliphatic rings. The lowest BCUT2D eigenvalue weighted by molar-refractivity contribution is -0.118. The third-order valence-corrected chi connectivity index (χ3v) is 5.36. The van der Waals surface area contributed by atoms with Gasteiger partial charge in [0, 0.05) is 4.88 Å². The summed E-state index contributed by atoms with van der Waals surface area (Å²) in [5.41, 5.74) is 1.33. The van der Waals surface area contributed by atoms with E-state index in [0.717, 1.165) is 21.2 Å². The van der Waals surface area contributed by atoms with Crippen molar-refractivity contribution < 1.29 is 19.1 Å². The second-order valence-electron chi connectivity index (χ2n) is 6.03. The van der Waals surface area contributed by atoms with Gasteiger partial charge in [0.2, 0.25) is 0 Å². The molecule has 140 valence electrons. The van der Waals surface area contributed by atoms with Crippen molar-refractivity contribution in [3.05, 3.63) is 58.5 Å². The van der Waals surface area contributed by atoms with E-state index >= 15 is 0 Å². The number of methoxy groups -OCH3 is 1. The zero-order valence-corrected chi connectivity index (χ0v) is 16.3. The van der Waals surface area contributed by atoms with E-state index in [1.807, 2.05) is 56.3 Å². The van der Waals surface area contributed by atoms with Crippen molar-refractivity contribution in [1.82, 2.24) is 0 Å². The summed E-state index contributed by atoms with van der Waals surface area (Å²) in [4.78, 5) is 25.4. The Labute approximate surface area is 161 Å². The molecule has 3 aromatic rings. The summed E-state index contributed by atoms with van der Waals surface area (Å²) in [5, 5.41) is 5.44. The number of hydrogen-bond acceptors (Lipinski definition) is 5. The molecule has 1 amide bonds. The molecule has 27 heavy (non-hydrogen) atoms. The number of anilines is 1. The van der Waals surface area contributed by atoms with Crippen LogP contribution in [0.3, 0.4) is 0 Å². The minimum Gasteiger partial charge on any atom is -0.484 e. The maximum absolute atomic E-state index is 12.3. The van der Waals surface area contributed by atoms with Crippen LogP contribution in [0, 0.1) is 6.92 Å². The zero-order chi connectivity index (χ0) is 19.4. The first kappa shape index (κ1) is 18.9. The molecule has 0 atom stereocenters. The average molecular weight is 383 g/mol. The highest BCUT2D eigenvalue weighted by atomic mass is 32.1. The minimum atomic E-state index is -0.443.